The highest BCUT2D eigenvalue weighted by atomic mass is 32.2. The molecule has 0 rings (SSSR count). The van der Waals surface area contributed by atoms with E-state index in [1.165, 1.54) is 12.2 Å². The smallest absolute Gasteiger partial charge is 0.0483 e. The predicted octanol–water partition coefficient (Wildman–Crippen LogP) is 2.15. The van der Waals surface area contributed by atoms with Crippen LogP contribution in [0, 0.1) is 0 Å². The summed E-state index contributed by atoms with van der Waals surface area (Å²) in [5.74, 6) is 1.31. The van der Waals surface area contributed by atoms with Crippen LogP contribution >= 0.6 is 11.8 Å². The Morgan fingerprint density at radius 1 is 1.44 bits per heavy atom. The average molecular weight is 150 g/mol. The van der Waals surface area contributed by atoms with Crippen molar-refractivity contribution in [1.82, 2.24) is 0 Å². The van der Waals surface area contributed by atoms with Gasteiger partial charge in [-0.2, -0.15) is 11.8 Å². The van der Waals surface area contributed by atoms with Crippen LogP contribution in [-0.4, -0.2) is 23.2 Å². The summed E-state index contributed by atoms with van der Waals surface area (Å²) >= 11 is 1.90. The molecule has 0 heterocycles. The molecule has 1 N–H and O–H groups in total. The van der Waals surface area contributed by atoms with Crippen molar-refractivity contribution >= 4 is 11.8 Å². The zero-order valence-electron chi connectivity index (χ0n) is 6.85. The number of hydrogen-bond donors (Lipinski definition) is 1. The third-order valence-electron chi connectivity index (χ3n) is 0.408. The summed E-state index contributed by atoms with van der Waals surface area (Å²) in [7, 11) is 0. The highest BCUT2D eigenvalue weighted by Crippen LogP contribution is 1.91. The Morgan fingerprint density at radius 2 is 1.78 bits per heavy atom. The first kappa shape index (κ1) is 12.0. The maximum absolute atomic E-state index is 8.06. The molecule has 0 aromatic rings. The highest BCUT2D eigenvalue weighted by molar-refractivity contribution is 7.98. The molecule has 2 heteroatoms. The van der Waals surface area contributed by atoms with E-state index in [9.17, 15) is 0 Å². The minimum absolute atomic E-state index is 0.167. The van der Waals surface area contributed by atoms with Crippen molar-refractivity contribution < 1.29 is 5.11 Å². The molecule has 0 atom stereocenters. The van der Waals surface area contributed by atoms with E-state index in [4.69, 9.17) is 5.11 Å². The van der Waals surface area contributed by atoms with Gasteiger partial charge in [0.25, 0.3) is 0 Å². The molecule has 0 aromatic heterocycles. The molecule has 0 amide bonds. The maximum Gasteiger partial charge on any atom is 0.0483 e. The first-order valence-corrected chi connectivity index (χ1v) is 4.71. The van der Waals surface area contributed by atoms with Crippen LogP contribution in [0.4, 0.5) is 0 Å². The van der Waals surface area contributed by atoms with Gasteiger partial charge in [-0.1, -0.05) is 6.92 Å². The molecule has 0 aliphatic rings. The summed E-state index contributed by atoms with van der Waals surface area (Å²) in [5, 5.41) is 8.06. The molecule has 0 saturated carbocycles. The van der Waals surface area contributed by atoms with Gasteiger partial charge < -0.3 is 5.11 Å². The van der Waals surface area contributed by atoms with Gasteiger partial charge in [0, 0.05) is 6.10 Å². The third kappa shape index (κ3) is 62.0. The summed E-state index contributed by atoms with van der Waals surface area (Å²) in [4.78, 5) is 0. The van der Waals surface area contributed by atoms with Crippen molar-refractivity contribution in [2.75, 3.05) is 12.0 Å². The Morgan fingerprint density at radius 3 is 1.78 bits per heavy atom. The maximum atomic E-state index is 8.06. The van der Waals surface area contributed by atoms with Crippen molar-refractivity contribution in [3.05, 3.63) is 0 Å². The lowest BCUT2D eigenvalue weighted by molar-refractivity contribution is 0.216. The topological polar surface area (TPSA) is 20.2 Å². The van der Waals surface area contributed by atoms with Crippen LogP contribution < -0.4 is 0 Å². The summed E-state index contributed by atoms with van der Waals surface area (Å²) in [6.45, 7) is 5.64. The van der Waals surface area contributed by atoms with Gasteiger partial charge in [0.1, 0.15) is 0 Å². The summed E-state index contributed by atoms with van der Waals surface area (Å²) in [6, 6.07) is 0. The number of aliphatic hydroxyl groups excluding tert-OH is 1. The van der Waals surface area contributed by atoms with Crippen molar-refractivity contribution in [1.29, 1.82) is 0 Å². The molecule has 0 aliphatic heterocycles. The Labute approximate surface area is 62.9 Å². The molecule has 0 unspecified atom stereocenters. The second-order valence-electron chi connectivity index (χ2n) is 2.09. The monoisotopic (exact) mass is 150 g/mol. The molecule has 58 valence electrons. The van der Waals surface area contributed by atoms with Gasteiger partial charge in [0.05, 0.1) is 0 Å². The van der Waals surface area contributed by atoms with Crippen molar-refractivity contribution in [3.63, 3.8) is 0 Å². The van der Waals surface area contributed by atoms with E-state index >= 15 is 0 Å². The predicted molar refractivity (Wildman–Crippen MR) is 46.0 cm³/mol. The van der Waals surface area contributed by atoms with Gasteiger partial charge in [0.2, 0.25) is 0 Å². The second-order valence-corrected chi connectivity index (χ2v) is 3.07. The van der Waals surface area contributed by atoms with Crippen LogP contribution in [0.1, 0.15) is 27.2 Å². The summed E-state index contributed by atoms with van der Waals surface area (Å²) in [5.41, 5.74) is 0. The van der Waals surface area contributed by atoms with Gasteiger partial charge in [-0.05, 0) is 32.3 Å². The van der Waals surface area contributed by atoms with Crippen molar-refractivity contribution in [2.24, 2.45) is 0 Å². The first-order chi connectivity index (χ1) is 4.15. The normalized spacial score (nSPS) is 8.67. The first-order valence-electron chi connectivity index (χ1n) is 3.32. The molecule has 0 bridgehead atoms. The van der Waals surface area contributed by atoms with Gasteiger partial charge in [-0.3, -0.25) is 0 Å². The van der Waals surface area contributed by atoms with E-state index in [0.29, 0.717) is 0 Å². The van der Waals surface area contributed by atoms with E-state index in [1.807, 2.05) is 11.8 Å². The van der Waals surface area contributed by atoms with E-state index in [1.54, 1.807) is 13.8 Å². The van der Waals surface area contributed by atoms with Gasteiger partial charge >= 0.3 is 0 Å². The van der Waals surface area contributed by atoms with Gasteiger partial charge in [-0.25, -0.2) is 0 Å². The van der Waals surface area contributed by atoms with Crippen LogP contribution in [0.15, 0.2) is 0 Å². The molecule has 0 radical (unpaired) electrons. The lowest BCUT2D eigenvalue weighted by atomic mass is 10.5. The SMILES string of the molecule is CC(C)O.CCCSC. The fourth-order valence-electron chi connectivity index (χ4n) is 0.204. The lowest BCUT2D eigenvalue weighted by Crippen LogP contribution is -1.85. The molecule has 0 aliphatic carbocycles. The molecular formula is C7H18OS. The third-order valence-corrected chi connectivity index (χ3v) is 1.22. The van der Waals surface area contributed by atoms with Crippen LogP contribution in [0.5, 0.6) is 0 Å². The molecule has 0 fully saturated rings. The van der Waals surface area contributed by atoms with Crippen LogP contribution in [0.3, 0.4) is 0 Å². The van der Waals surface area contributed by atoms with Crippen molar-refractivity contribution in [2.45, 2.75) is 33.3 Å². The average Bonchev–Trinajstić information content (AvgIpc) is 1.66. The molecule has 1 nitrogen and oxygen atoms in total. The minimum atomic E-state index is -0.167. The Balaban J connectivity index is 0. The van der Waals surface area contributed by atoms with E-state index in [0.717, 1.165) is 0 Å². The Kier molecular flexibility index (Phi) is 14.9. The molecule has 9 heavy (non-hydrogen) atoms. The van der Waals surface area contributed by atoms with E-state index < -0.39 is 0 Å². The number of hydrogen-bond acceptors (Lipinski definition) is 2. The van der Waals surface area contributed by atoms with Gasteiger partial charge in [0.15, 0.2) is 0 Å². The number of thioether (sulfide) groups is 1. The zero-order chi connectivity index (χ0) is 7.70. The van der Waals surface area contributed by atoms with E-state index in [-0.39, 0.29) is 6.10 Å². The van der Waals surface area contributed by atoms with Crippen LogP contribution in [0.25, 0.3) is 0 Å². The Hall–Kier alpha value is 0.310. The Bertz CT molecular complexity index is 33.1. The fraction of sp³-hybridized carbons (Fsp3) is 1.00. The molecule has 0 aromatic carbocycles. The lowest BCUT2D eigenvalue weighted by Gasteiger charge is -1.80. The molecule has 0 saturated heterocycles. The van der Waals surface area contributed by atoms with E-state index in [2.05, 4.69) is 13.2 Å². The quantitative estimate of drug-likeness (QED) is 0.651. The number of aliphatic hydroxyl groups is 1. The summed E-state index contributed by atoms with van der Waals surface area (Å²) in [6.07, 6.45) is 3.27. The van der Waals surface area contributed by atoms with Crippen LogP contribution in [0.2, 0.25) is 0 Å². The van der Waals surface area contributed by atoms with Crippen LogP contribution in [-0.2, 0) is 0 Å². The largest absolute Gasteiger partial charge is 0.394 e. The molecule has 0 spiro atoms. The standard InChI is InChI=1S/C4H10S.C3H8O/c1-3-4-5-2;1-3(2)4/h3-4H2,1-2H3;3-4H,1-2H3. The molecular weight excluding hydrogens is 132 g/mol. The summed E-state index contributed by atoms with van der Waals surface area (Å²) < 4.78 is 0. The second kappa shape index (κ2) is 11.2. The fourth-order valence-corrected chi connectivity index (χ4v) is 0.612. The zero-order valence-corrected chi connectivity index (χ0v) is 7.66. The number of rotatable bonds is 2. The van der Waals surface area contributed by atoms with Gasteiger partial charge in [-0.15, -0.1) is 0 Å². The minimum Gasteiger partial charge on any atom is -0.394 e. The highest BCUT2D eigenvalue weighted by Gasteiger charge is 1.69. The van der Waals surface area contributed by atoms with Crippen molar-refractivity contribution in [3.8, 4) is 0 Å².